The molecule has 0 unspecified atom stereocenters. The molecule has 23 heavy (non-hydrogen) atoms. The van der Waals surface area contributed by atoms with E-state index in [-0.39, 0.29) is 11.9 Å². The fourth-order valence-electron chi connectivity index (χ4n) is 2.33. The Morgan fingerprint density at radius 2 is 2.13 bits per heavy atom. The first kappa shape index (κ1) is 16.6. The third kappa shape index (κ3) is 4.16. The van der Waals surface area contributed by atoms with E-state index in [0.717, 1.165) is 23.0 Å². The zero-order valence-corrected chi connectivity index (χ0v) is 15.1. The second-order valence-electron chi connectivity index (χ2n) is 5.41. The zero-order valence-electron chi connectivity index (χ0n) is 12.7. The summed E-state index contributed by atoms with van der Waals surface area (Å²) >= 11 is 9.26. The Morgan fingerprint density at radius 1 is 1.35 bits per heavy atom. The van der Waals surface area contributed by atoms with Crippen molar-refractivity contribution in [3.05, 3.63) is 51.7 Å². The van der Waals surface area contributed by atoms with Crippen LogP contribution in [0.25, 0.3) is 0 Å². The smallest absolute Gasteiger partial charge is 0.233 e. The first-order valence-electron chi connectivity index (χ1n) is 7.43. The Kier molecular flexibility index (Phi) is 5.41. The average Bonchev–Trinajstić information content (AvgIpc) is 3.19. The van der Waals surface area contributed by atoms with Gasteiger partial charge in [-0.2, -0.15) is 11.3 Å². The van der Waals surface area contributed by atoms with Crippen molar-refractivity contribution in [1.82, 2.24) is 0 Å². The molecule has 1 aromatic carbocycles. The summed E-state index contributed by atoms with van der Waals surface area (Å²) in [5.74, 6) is 0.982. The predicted octanol–water partition coefficient (Wildman–Crippen LogP) is 4.86. The second kappa shape index (κ2) is 7.51. The van der Waals surface area contributed by atoms with Crippen LogP contribution in [0, 0.1) is 0 Å². The van der Waals surface area contributed by atoms with Crippen molar-refractivity contribution in [1.29, 1.82) is 0 Å². The van der Waals surface area contributed by atoms with E-state index in [0.29, 0.717) is 11.4 Å². The largest absolute Gasteiger partial charge is 0.274 e. The van der Waals surface area contributed by atoms with Gasteiger partial charge in [-0.05, 0) is 60.0 Å². The van der Waals surface area contributed by atoms with Crippen molar-refractivity contribution in [2.75, 3.05) is 10.7 Å². The molecule has 1 amide bonds. The average molecular weight is 365 g/mol. The third-order valence-electron chi connectivity index (χ3n) is 3.52. The number of thiophene rings is 1. The lowest BCUT2D eigenvalue weighted by molar-refractivity contribution is -0.117. The van der Waals surface area contributed by atoms with Crippen LogP contribution in [0.4, 0.5) is 5.69 Å². The summed E-state index contributed by atoms with van der Waals surface area (Å²) in [7, 11) is 0. The molecule has 1 aromatic heterocycles. The topological polar surface area (TPSA) is 32.7 Å². The number of hydrogen-bond donors (Lipinski definition) is 0. The van der Waals surface area contributed by atoms with Crippen LogP contribution in [-0.2, 0) is 11.2 Å². The molecule has 3 rings (SSSR count). The van der Waals surface area contributed by atoms with Crippen LogP contribution in [0.2, 0.25) is 5.02 Å². The quantitative estimate of drug-likeness (QED) is 0.776. The summed E-state index contributed by atoms with van der Waals surface area (Å²) in [6.07, 6.45) is 1.22. The highest BCUT2D eigenvalue weighted by atomic mass is 35.5. The minimum Gasteiger partial charge on any atom is -0.274 e. The van der Waals surface area contributed by atoms with Gasteiger partial charge < -0.3 is 0 Å². The van der Waals surface area contributed by atoms with Crippen LogP contribution in [0.3, 0.4) is 0 Å². The Labute approximate surface area is 149 Å². The van der Waals surface area contributed by atoms with E-state index in [9.17, 15) is 4.79 Å². The summed E-state index contributed by atoms with van der Waals surface area (Å²) in [5.41, 5.74) is 2.03. The molecule has 2 aromatic rings. The van der Waals surface area contributed by atoms with Gasteiger partial charge in [0.1, 0.15) is 0 Å². The number of anilines is 1. The van der Waals surface area contributed by atoms with Crippen LogP contribution in [-0.4, -0.2) is 22.9 Å². The number of nitrogens with zero attached hydrogens (tertiary/aromatic N) is 2. The van der Waals surface area contributed by atoms with E-state index in [4.69, 9.17) is 11.6 Å². The van der Waals surface area contributed by atoms with Gasteiger partial charge in [0.15, 0.2) is 5.17 Å². The number of halogens is 1. The second-order valence-corrected chi connectivity index (χ2v) is 7.61. The van der Waals surface area contributed by atoms with E-state index >= 15 is 0 Å². The number of aliphatic imine (C=N–C) groups is 1. The van der Waals surface area contributed by atoms with Crippen LogP contribution >= 0.6 is 34.7 Å². The zero-order chi connectivity index (χ0) is 16.2. The molecule has 2 heterocycles. The number of aryl methyl sites for hydroxylation is 1. The van der Waals surface area contributed by atoms with E-state index in [1.165, 1.54) is 5.56 Å². The number of hydrogen-bond acceptors (Lipinski definition) is 4. The number of carbonyl (C=O) groups is 1. The van der Waals surface area contributed by atoms with E-state index in [1.807, 2.05) is 17.5 Å². The van der Waals surface area contributed by atoms with Crippen LogP contribution in [0.1, 0.15) is 18.9 Å². The van der Waals surface area contributed by atoms with Crippen molar-refractivity contribution in [3.8, 4) is 0 Å². The highest BCUT2D eigenvalue weighted by molar-refractivity contribution is 8.14. The van der Waals surface area contributed by atoms with Crippen molar-refractivity contribution in [2.45, 2.75) is 25.8 Å². The normalized spacial score (nSPS) is 17.1. The molecule has 120 valence electrons. The molecule has 1 aliphatic rings. The Balaban J connectivity index is 1.81. The molecule has 0 aliphatic carbocycles. The lowest BCUT2D eigenvalue weighted by atomic mass is 10.1. The molecule has 6 heteroatoms. The lowest BCUT2D eigenvalue weighted by Gasteiger charge is -2.22. The summed E-state index contributed by atoms with van der Waals surface area (Å²) in [4.78, 5) is 19.2. The molecule has 0 bridgehead atoms. The summed E-state index contributed by atoms with van der Waals surface area (Å²) in [6.45, 7) is 2.07. The number of carbonyl (C=O) groups excluding carboxylic acids is 1. The Morgan fingerprint density at radius 3 is 2.74 bits per heavy atom. The van der Waals surface area contributed by atoms with E-state index in [1.54, 1.807) is 40.1 Å². The van der Waals surface area contributed by atoms with E-state index in [2.05, 4.69) is 23.4 Å². The number of benzene rings is 1. The van der Waals surface area contributed by atoms with Gasteiger partial charge in [0.2, 0.25) is 5.91 Å². The maximum Gasteiger partial charge on any atom is 0.233 e. The van der Waals surface area contributed by atoms with Crippen LogP contribution in [0.15, 0.2) is 46.1 Å². The summed E-state index contributed by atoms with van der Waals surface area (Å²) in [5, 5.41) is 5.57. The van der Waals surface area contributed by atoms with Crippen molar-refractivity contribution < 1.29 is 4.79 Å². The standard InChI is InChI=1S/C17H17ClN2OS2/c1-12-10-23-17(19-12)20(15-5-3-14(18)4-6-15)16(21)7-2-13-8-9-22-11-13/h3-6,8-9,11-12H,2,7,10H2,1H3/t12-/m0/s1. The molecule has 0 N–H and O–H groups in total. The SMILES string of the molecule is C[C@H]1CSC(N(C(=O)CCc2ccsc2)c2ccc(Cl)cc2)=N1. The molecule has 1 atom stereocenters. The van der Waals surface area contributed by atoms with Crippen molar-refractivity contribution in [3.63, 3.8) is 0 Å². The maximum atomic E-state index is 12.8. The highest BCUT2D eigenvalue weighted by Gasteiger charge is 2.26. The lowest BCUT2D eigenvalue weighted by Crippen LogP contribution is -2.34. The summed E-state index contributed by atoms with van der Waals surface area (Å²) in [6, 6.07) is 9.66. The predicted molar refractivity (Wildman–Crippen MR) is 101 cm³/mol. The highest BCUT2D eigenvalue weighted by Crippen LogP contribution is 2.27. The van der Waals surface area contributed by atoms with E-state index < -0.39 is 0 Å². The van der Waals surface area contributed by atoms with Gasteiger partial charge in [-0.25, -0.2) is 0 Å². The molecule has 0 radical (unpaired) electrons. The van der Waals surface area contributed by atoms with Crippen molar-refractivity contribution in [2.24, 2.45) is 4.99 Å². The molecule has 3 nitrogen and oxygen atoms in total. The minimum absolute atomic E-state index is 0.0684. The maximum absolute atomic E-state index is 12.8. The number of rotatable bonds is 4. The minimum atomic E-state index is 0.0684. The van der Waals surface area contributed by atoms with Crippen LogP contribution < -0.4 is 4.90 Å². The number of amidine groups is 1. The van der Waals surface area contributed by atoms with Gasteiger partial charge in [0, 0.05) is 17.2 Å². The van der Waals surface area contributed by atoms with Crippen LogP contribution in [0.5, 0.6) is 0 Å². The van der Waals surface area contributed by atoms with Gasteiger partial charge in [-0.3, -0.25) is 14.7 Å². The molecular weight excluding hydrogens is 348 g/mol. The van der Waals surface area contributed by atoms with Gasteiger partial charge >= 0.3 is 0 Å². The molecular formula is C17H17ClN2OS2. The van der Waals surface area contributed by atoms with Gasteiger partial charge in [-0.15, -0.1) is 0 Å². The third-order valence-corrected chi connectivity index (χ3v) is 5.70. The van der Waals surface area contributed by atoms with Gasteiger partial charge in [0.05, 0.1) is 11.7 Å². The Bertz CT molecular complexity index is 698. The molecule has 0 saturated carbocycles. The number of thioether (sulfide) groups is 1. The van der Waals surface area contributed by atoms with Crippen molar-refractivity contribution >= 4 is 51.5 Å². The molecule has 1 aliphatic heterocycles. The fourth-order valence-corrected chi connectivity index (χ4v) is 4.21. The summed E-state index contributed by atoms with van der Waals surface area (Å²) < 4.78 is 0. The monoisotopic (exact) mass is 364 g/mol. The fraction of sp³-hybridized carbons (Fsp3) is 0.294. The first-order valence-corrected chi connectivity index (χ1v) is 9.74. The first-order chi connectivity index (χ1) is 11.1. The van der Waals surface area contributed by atoms with Gasteiger partial charge in [-0.1, -0.05) is 23.4 Å². The molecule has 0 fully saturated rings. The van der Waals surface area contributed by atoms with Gasteiger partial charge in [0.25, 0.3) is 0 Å². The Hall–Kier alpha value is -1.30. The molecule has 0 saturated heterocycles. The number of amides is 1. The molecule has 0 spiro atoms.